The fraction of sp³-hybridized carbons (Fsp3) is 0.917. The molecule has 0 aliphatic rings. The van der Waals surface area contributed by atoms with E-state index in [2.05, 4.69) is 27.7 Å². The molecule has 4 nitrogen and oxygen atoms in total. The summed E-state index contributed by atoms with van der Waals surface area (Å²) < 4.78 is 10.4. The fourth-order valence-corrected chi connectivity index (χ4v) is 2.97. The van der Waals surface area contributed by atoms with E-state index < -0.39 is 0 Å². The standard InChI is InChI=1S/C24H46O4/c1-21(2)19-27-23(25)17-15-13-11-9-7-5-6-8-10-12-14-16-18-24(26)28-20-22(3)4/h21-22H,5-20H2,1-4H3. The Morgan fingerprint density at radius 3 is 1.00 bits per heavy atom. The highest BCUT2D eigenvalue weighted by molar-refractivity contribution is 5.69. The summed E-state index contributed by atoms with van der Waals surface area (Å²) in [4.78, 5) is 23.0. The molecule has 0 saturated carbocycles. The van der Waals surface area contributed by atoms with Gasteiger partial charge in [-0.05, 0) is 24.7 Å². The Morgan fingerprint density at radius 1 is 0.500 bits per heavy atom. The van der Waals surface area contributed by atoms with E-state index in [1.54, 1.807) is 0 Å². The molecule has 0 aliphatic heterocycles. The normalized spacial score (nSPS) is 11.2. The molecule has 0 N–H and O–H groups in total. The van der Waals surface area contributed by atoms with Crippen molar-refractivity contribution in [3.05, 3.63) is 0 Å². The van der Waals surface area contributed by atoms with E-state index in [0.717, 1.165) is 25.7 Å². The predicted molar refractivity (Wildman–Crippen MR) is 116 cm³/mol. The number of unbranched alkanes of at least 4 members (excludes halogenated alkanes) is 11. The van der Waals surface area contributed by atoms with Gasteiger partial charge in [0.25, 0.3) is 0 Å². The van der Waals surface area contributed by atoms with Crippen LogP contribution in [0.5, 0.6) is 0 Å². The summed E-state index contributed by atoms with van der Waals surface area (Å²) in [5.41, 5.74) is 0. The summed E-state index contributed by atoms with van der Waals surface area (Å²) in [6.07, 6.45) is 15.6. The molecule has 0 bridgehead atoms. The van der Waals surface area contributed by atoms with Crippen molar-refractivity contribution in [2.24, 2.45) is 11.8 Å². The summed E-state index contributed by atoms with van der Waals surface area (Å²) in [5, 5.41) is 0. The molecule has 4 heteroatoms. The van der Waals surface area contributed by atoms with Crippen LogP contribution in [0.25, 0.3) is 0 Å². The van der Waals surface area contributed by atoms with Crippen LogP contribution in [-0.4, -0.2) is 25.2 Å². The first-order valence-corrected chi connectivity index (χ1v) is 11.7. The zero-order valence-electron chi connectivity index (χ0n) is 19.1. The van der Waals surface area contributed by atoms with Gasteiger partial charge >= 0.3 is 11.9 Å². The topological polar surface area (TPSA) is 52.6 Å². The van der Waals surface area contributed by atoms with Crippen LogP contribution in [0.4, 0.5) is 0 Å². The Balaban J connectivity index is 3.20. The third-order valence-corrected chi connectivity index (χ3v) is 4.67. The minimum absolute atomic E-state index is 0.0406. The van der Waals surface area contributed by atoms with Crippen LogP contribution >= 0.6 is 0 Å². The van der Waals surface area contributed by atoms with E-state index in [-0.39, 0.29) is 11.9 Å². The SMILES string of the molecule is CC(C)COC(=O)CCCCCCCCCCCCCCC(=O)OCC(C)C. The maximum absolute atomic E-state index is 11.5. The summed E-state index contributed by atoms with van der Waals surface area (Å²) in [6.45, 7) is 9.32. The molecular formula is C24H46O4. The van der Waals surface area contributed by atoms with Crippen molar-refractivity contribution >= 4 is 11.9 Å². The molecule has 0 unspecified atom stereocenters. The lowest BCUT2D eigenvalue weighted by molar-refractivity contribution is -0.145. The van der Waals surface area contributed by atoms with Gasteiger partial charge in [0.1, 0.15) is 0 Å². The van der Waals surface area contributed by atoms with Crippen molar-refractivity contribution in [2.45, 2.75) is 118 Å². The van der Waals surface area contributed by atoms with E-state index in [1.165, 1.54) is 51.4 Å². The quantitative estimate of drug-likeness (QED) is 0.176. The second-order valence-corrected chi connectivity index (χ2v) is 8.90. The molecule has 0 rings (SSSR count). The highest BCUT2D eigenvalue weighted by Crippen LogP contribution is 2.13. The van der Waals surface area contributed by atoms with Gasteiger partial charge in [-0.15, -0.1) is 0 Å². The van der Waals surface area contributed by atoms with Crippen LogP contribution in [0, 0.1) is 11.8 Å². The van der Waals surface area contributed by atoms with Crippen LogP contribution < -0.4 is 0 Å². The average molecular weight is 399 g/mol. The van der Waals surface area contributed by atoms with Gasteiger partial charge < -0.3 is 9.47 Å². The van der Waals surface area contributed by atoms with E-state index in [0.29, 0.717) is 37.9 Å². The van der Waals surface area contributed by atoms with Crippen LogP contribution in [0.3, 0.4) is 0 Å². The zero-order valence-corrected chi connectivity index (χ0v) is 19.1. The largest absolute Gasteiger partial charge is 0.465 e. The van der Waals surface area contributed by atoms with Gasteiger partial charge in [0.2, 0.25) is 0 Å². The van der Waals surface area contributed by atoms with Crippen molar-refractivity contribution in [3.63, 3.8) is 0 Å². The van der Waals surface area contributed by atoms with Gasteiger partial charge in [-0.25, -0.2) is 0 Å². The second kappa shape index (κ2) is 19.3. The number of hydrogen-bond acceptors (Lipinski definition) is 4. The molecule has 0 amide bonds. The minimum atomic E-state index is -0.0406. The number of esters is 2. The summed E-state index contributed by atoms with van der Waals surface area (Å²) >= 11 is 0. The van der Waals surface area contributed by atoms with E-state index in [4.69, 9.17) is 9.47 Å². The van der Waals surface area contributed by atoms with Gasteiger partial charge in [0, 0.05) is 12.8 Å². The van der Waals surface area contributed by atoms with Crippen LogP contribution in [0.1, 0.15) is 118 Å². The highest BCUT2D eigenvalue weighted by atomic mass is 16.5. The minimum Gasteiger partial charge on any atom is -0.465 e. The average Bonchev–Trinajstić information content (AvgIpc) is 2.64. The Hall–Kier alpha value is -1.06. The van der Waals surface area contributed by atoms with E-state index >= 15 is 0 Å². The molecule has 28 heavy (non-hydrogen) atoms. The van der Waals surface area contributed by atoms with Crippen molar-refractivity contribution in [3.8, 4) is 0 Å². The third-order valence-electron chi connectivity index (χ3n) is 4.67. The lowest BCUT2D eigenvalue weighted by Gasteiger charge is -2.07. The second-order valence-electron chi connectivity index (χ2n) is 8.90. The van der Waals surface area contributed by atoms with Gasteiger partial charge in [-0.2, -0.15) is 0 Å². The van der Waals surface area contributed by atoms with Crippen molar-refractivity contribution in [2.75, 3.05) is 13.2 Å². The summed E-state index contributed by atoms with van der Waals surface area (Å²) in [7, 11) is 0. The van der Waals surface area contributed by atoms with Gasteiger partial charge in [-0.3, -0.25) is 9.59 Å². The predicted octanol–water partition coefficient (Wildman–Crippen LogP) is 6.85. The molecule has 0 aromatic carbocycles. The number of ether oxygens (including phenoxy) is 2. The maximum atomic E-state index is 11.5. The Morgan fingerprint density at radius 2 is 0.750 bits per heavy atom. The number of rotatable bonds is 19. The molecule has 0 atom stereocenters. The molecule has 166 valence electrons. The lowest BCUT2D eigenvalue weighted by atomic mass is 10.0. The van der Waals surface area contributed by atoms with Gasteiger partial charge in [-0.1, -0.05) is 91.9 Å². The Kier molecular flexibility index (Phi) is 18.5. The van der Waals surface area contributed by atoms with Crippen LogP contribution in [-0.2, 0) is 19.1 Å². The monoisotopic (exact) mass is 398 g/mol. The Labute approximate surface area is 174 Å². The first kappa shape index (κ1) is 26.9. The third kappa shape index (κ3) is 21.2. The molecule has 0 heterocycles. The van der Waals surface area contributed by atoms with Gasteiger partial charge in [0.15, 0.2) is 0 Å². The summed E-state index contributed by atoms with van der Waals surface area (Å²) in [6, 6.07) is 0. The maximum Gasteiger partial charge on any atom is 0.305 e. The molecule has 0 aliphatic carbocycles. The Bertz CT molecular complexity index is 341. The molecule has 0 spiro atoms. The van der Waals surface area contributed by atoms with Crippen LogP contribution in [0.15, 0.2) is 0 Å². The molecule has 0 saturated heterocycles. The van der Waals surface area contributed by atoms with Crippen molar-refractivity contribution in [1.29, 1.82) is 0 Å². The molecular weight excluding hydrogens is 352 g/mol. The molecule has 0 radical (unpaired) electrons. The van der Waals surface area contributed by atoms with Crippen LogP contribution in [0.2, 0.25) is 0 Å². The molecule has 0 aromatic heterocycles. The first-order chi connectivity index (χ1) is 13.4. The smallest absolute Gasteiger partial charge is 0.305 e. The van der Waals surface area contributed by atoms with Crippen molar-refractivity contribution < 1.29 is 19.1 Å². The lowest BCUT2D eigenvalue weighted by Crippen LogP contribution is -2.09. The van der Waals surface area contributed by atoms with Crippen molar-refractivity contribution in [1.82, 2.24) is 0 Å². The van der Waals surface area contributed by atoms with E-state index in [9.17, 15) is 9.59 Å². The summed E-state index contributed by atoms with van der Waals surface area (Å²) in [5.74, 6) is 0.756. The molecule has 0 fully saturated rings. The zero-order chi connectivity index (χ0) is 21.0. The fourth-order valence-electron chi connectivity index (χ4n) is 2.97. The highest BCUT2D eigenvalue weighted by Gasteiger charge is 2.05. The number of carbonyl (C=O) groups excluding carboxylic acids is 2. The number of carbonyl (C=O) groups is 2. The van der Waals surface area contributed by atoms with Gasteiger partial charge in [0.05, 0.1) is 13.2 Å². The first-order valence-electron chi connectivity index (χ1n) is 11.7. The molecule has 0 aromatic rings. The van der Waals surface area contributed by atoms with E-state index in [1.807, 2.05) is 0 Å². The number of hydrogen-bond donors (Lipinski definition) is 0.